The van der Waals surface area contributed by atoms with E-state index in [1.54, 1.807) is 18.3 Å². The highest BCUT2D eigenvalue weighted by atomic mass is 35.5. The lowest BCUT2D eigenvalue weighted by Gasteiger charge is -2.46. The van der Waals surface area contributed by atoms with Gasteiger partial charge < -0.3 is 4.90 Å². The standard InChI is InChI=1S/C23H25Cl2N3O/c1-14(2)28-21-9-6-16(10-19(21)15(3)12-23(28,4)5)13-26-27-22(29)18-8-7-17(24)11-20(18)25/h6-14H,1-5H3,(H,27,29)/b26-13+. The number of allylic oxidation sites excluding steroid dienone is 1. The molecule has 3 rings (SSSR count). The summed E-state index contributed by atoms with van der Waals surface area (Å²) in [5.41, 5.74) is 7.31. The quantitative estimate of drug-likeness (QED) is 0.466. The van der Waals surface area contributed by atoms with Crippen molar-refractivity contribution in [2.45, 2.75) is 46.2 Å². The molecule has 0 atom stereocenters. The number of fused-ring (bicyclic) bond motifs is 1. The number of amides is 1. The number of hydrogen-bond acceptors (Lipinski definition) is 3. The van der Waals surface area contributed by atoms with Crippen LogP contribution in [0.25, 0.3) is 5.57 Å². The van der Waals surface area contributed by atoms with Crippen LogP contribution < -0.4 is 10.3 Å². The maximum absolute atomic E-state index is 12.3. The van der Waals surface area contributed by atoms with E-state index in [1.165, 1.54) is 22.9 Å². The summed E-state index contributed by atoms with van der Waals surface area (Å²) in [6.45, 7) is 11.0. The fourth-order valence-corrected chi connectivity index (χ4v) is 4.48. The fraction of sp³-hybridized carbons (Fsp3) is 0.304. The number of rotatable bonds is 4. The molecular formula is C23H25Cl2N3O. The number of benzene rings is 2. The topological polar surface area (TPSA) is 44.7 Å². The first-order valence-electron chi connectivity index (χ1n) is 9.52. The first-order chi connectivity index (χ1) is 13.6. The Morgan fingerprint density at radius 2 is 1.90 bits per heavy atom. The molecule has 29 heavy (non-hydrogen) atoms. The third-order valence-electron chi connectivity index (χ3n) is 4.97. The molecule has 1 N–H and O–H groups in total. The van der Waals surface area contributed by atoms with Crippen molar-refractivity contribution >= 4 is 46.6 Å². The summed E-state index contributed by atoms with van der Waals surface area (Å²) in [6.07, 6.45) is 3.93. The molecule has 2 aromatic carbocycles. The van der Waals surface area contributed by atoms with E-state index in [1.807, 2.05) is 6.07 Å². The van der Waals surface area contributed by atoms with Gasteiger partial charge in [-0.2, -0.15) is 5.10 Å². The molecule has 4 nitrogen and oxygen atoms in total. The summed E-state index contributed by atoms with van der Waals surface area (Å²) < 4.78 is 0. The van der Waals surface area contributed by atoms with Gasteiger partial charge in [0.05, 0.1) is 22.3 Å². The van der Waals surface area contributed by atoms with Gasteiger partial charge in [-0.15, -0.1) is 0 Å². The van der Waals surface area contributed by atoms with Crippen LogP contribution in [0.1, 0.15) is 56.1 Å². The number of hydrazone groups is 1. The van der Waals surface area contributed by atoms with Crippen LogP contribution in [-0.2, 0) is 0 Å². The van der Waals surface area contributed by atoms with E-state index in [9.17, 15) is 4.79 Å². The maximum atomic E-state index is 12.3. The van der Waals surface area contributed by atoms with Crippen LogP contribution in [0.15, 0.2) is 47.6 Å². The Morgan fingerprint density at radius 3 is 2.55 bits per heavy atom. The van der Waals surface area contributed by atoms with E-state index >= 15 is 0 Å². The van der Waals surface area contributed by atoms with Gasteiger partial charge in [0.1, 0.15) is 0 Å². The van der Waals surface area contributed by atoms with Gasteiger partial charge in [-0.1, -0.05) is 35.3 Å². The van der Waals surface area contributed by atoms with Crippen molar-refractivity contribution in [1.82, 2.24) is 5.43 Å². The average molecular weight is 430 g/mol. The van der Waals surface area contributed by atoms with Gasteiger partial charge in [0.25, 0.3) is 5.91 Å². The van der Waals surface area contributed by atoms with Crippen LogP contribution in [0.4, 0.5) is 5.69 Å². The van der Waals surface area contributed by atoms with Crippen molar-refractivity contribution < 1.29 is 4.79 Å². The number of carbonyl (C=O) groups is 1. The molecule has 0 saturated carbocycles. The van der Waals surface area contributed by atoms with Crippen molar-refractivity contribution in [3.05, 3.63) is 69.2 Å². The summed E-state index contributed by atoms with van der Waals surface area (Å²) in [6, 6.07) is 11.3. The van der Waals surface area contributed by atoms with Crippen LogP contribution >= 0.6 is 23.2 Å². The highest BCUT2D eigenvalue weighted by Crippen LogP contribution is 2.40. The second-order valence-corrected chi connectivity index (χ2v) is 8.89. The minimum Gasteiger partial charge on any atom is -0.360 e. The predicted molar refractivity (Wildman–Crippen MR) is 123 cm³/mol. The number of nitrogens with one attached hydrogen (secondary N) is 1. The molecule has 0 radical (unpaired) electrons. The van der Waals surface area contributed by atoms with Gasteiger partial charge in [-0.05, 0) is 76.1 Å². The maximum Gasteiger partial charge on any atom is 0.272 e. The summed E-state index contributed by atoms with van der Waals surface area (Å²) in [5.74, 6) is -0.385. The molecule has 1 amide bonds. The molecule has 1 heterocycles. The minimum absolute atomic E-state index is 0.0489. The molecule has 0 spiro atoms. The largest absolute Gasteiger partial charge is 0.360 e. The molecule has 2 aromatic rings. The molecule has 1 aliphatic rings. The number of anilines is 1. The zero-order valence-electron chi connectivity index (χ0n) is 17.3. The Labute approximate surface area is 182 Å². The second-order valence-electron chi connectivity index (χ2n) is 8.04. The van der Waals surface area contributed by atoms with E-state index in [0.717, 1.165) is 5.56 Å². The zero-order valence-corrected chi connectivity index (χ0v) is 18.8. The number of nitrogens with zero attached hydrogens (tertiary/aromatic N) is 2. The van der Waals surface area contributed by atoms with E-state index in [2.05, 4.69) is 68.3 Å². The average Bonchev–Trinajstić information content (AvgIpc) is 2.61. The Balaban J connectivity index is 1.81. The Bertz CT molecular complexity index is 1010. The van der Waals surface area contributed by atoms with Gasteiger partial charge in [0.2, 0.25) is 0 Å². The molecular weight excluding hydrogens is 405 g/mol. The van der Waals surface area contributed by atoms with Crippen LogP contribution in [0, 0.1) is 0 Å². The summed E-state index contributed by atoms with van der Waals surface area (Å²) in [4.78, 5) is 14.7. The molecule has 0 aromatic heterocycles. The highest BCUT2D eigenvalue weighted by Gasteiger charge is 2.32. The smallest absolute Gasteiger partial charge is 0.272 e. The Morgan fingerprint density at radius 1 is 1.17 bits per heavy atom. The first kappa shape index (κ1) is 21.4. The lowest BCUT2D eigenvalue weighted by atomic mass is 9.87. The molecule has 152 valence electrons. The number of halogens is 2. The van der Waals surface area contributed by atoms with E-state index in [0.29, 0.717) is 16.6 Å². The van der Waals surface area contributed by atoms with E-state index in [4.69, 9.17) is 23.2 Å². The zero-order chi connectivity index (χ0) is 21.3. The number of carbonyl (C=O) groups excluding carboxylic acids is 1. The Hall–Kier alpha value is -2.30. The van der Waals surface area contributed by atoms with E-state index < -0.39 is 0 Å². The molecule has 0 fully saturated rings. The van der Waals surface area contributed by atoms with E-state index in [-0.39, 0.29) is 16.5 Å². The lowest BCUT2D eigenvalue weighted by Crippen LogP contribution is -2.49. The predicted octanol–water partition coefficient (Wildman–Crippen LogP) is 6.17. The minimum atomic E-state index is -0.385. The molecule has 0 unspecified atom stereocenters. The van der Waals surface area contributed by atoms with Gasteiger partial charge in [-0.25, -0.2) is 5.43 Å². The molecule has 6 heteroatoms. The normalized spacial score (nSPS) is 15.4. The Kier molecular flexibility index (Phi) is 6.06. The second kappa shape index (κ2) is 8.21. The summed E-state index contributed by atoms with van der Waals surface area (Å²) in [5, 5.41) is 4.85. The third-order valence-corrected chi connectivity index (χ3v) is 5.52. The third kappa shape index (κ3) is 4.49. The first-order valence-corrected chi connectivity index (χ1v) is 10.3. The van der Waals surface area contributed by atoms with Crippen molar-refractivity contribution in [3.8, 4) is 0 Å². The fourth-order valence-electron chi connectivity index (χ4n) is 3.99. The number of hydrogen-bond donors (Lipinski definition) is 1. The monoisotopic (exact) mass is 429 g/mol. The van der Waals surface area contributed by atoms with Crippen molar-refractivity contribution in [2.75, 3.05) is 4.90 Å². The van der Waals surface area contributed by atoms with Crippen LogP contribution in [0.3, 0.4) is 0 Å². The van der Waals surface area contributed by atoms with Crippen LogP contribution in [-0.4, -0.2) is 23.7 Å². The summed E-state index contributed by atoms with van der Waals surface area (Å²) >= 11 is 11.9. The summed E-state index contributed by atoms with van der Waals surface area (Å²) in [7, 11) is 0. The highest BCUT2D eigenvalue weighted by molar-refractivity contribution is 6.36. The van der Waals surface area contributed by atoms with Crippen molar-refractivity contribution in [2.24, 2.45) is 5.10 Å². The van der Waals surface area contributed by atoms with Gasteiger partial charge in [0.15, 0.2) is 0 Å². The van der Waals surface area contributed by atoms with Crippen molar-refractivity contribution in [3.63, 3.8) is 0 Å². The van der Waals surface area contributed by atoms with Crippen molar-refractivity contribution in [1.29, 1.82) is 0 Å². The van der Waals surface area contributed by atoms with Crippen LogP contribution in [0.5, 0.6) is 0 Å². The van der Waals surface area contributed by atoms with Crippen LogP contribution in [0.2, 0.25) is 10.0 Å². The molecule has 0 saturated heterocycles. The lowest BCUT2D eigenvalue weighted by molar-refractivity contribution is 0.0955. The molecule has 0 aliphatic carbocycles. The van der Waals surface area contributed by atoms with Gasteiger partial charge in [-0.3, -0.25) is 4.79 Å². The SMILES string of the molecule is CC1=CC(C)(C)N(C(C)C)c2ccc(/C=N/NC(=O)c3ccc(Cl)cc3Cl)cc21. The molecule has 0 bridgehead atoms. The van der Waals surface area contributed by atoms with Gasteiger partial charge >= 0.3 is 0 Å². The molecule has 1 aliphatic heterocycles. The van der Waals surface area contributed by atoms with Gasteiger partial charge in [0, 0.05) is 22.3 Å².